The van der Waals surface area contributed by atoms with Gasteiger partial charge in [0.1, 0.15) is 0 Å². The fraction of sp³-hybridized carbons (Fsp3) is 0. The Morgan fingerprint density at radius 2 is 1.62 bits per heavy atom. The summed E-state index contributed by atoms with van der Waals surface area (Å²) < 4.78 is 8.09. The maximum atomic E-state index is 11.2. The van der Waals surface area contributed by atoms with Crippen LogP contribution in [0.2, 0.25) is 0 Å². The second kappa shape index (κ2) is 5.35. The van der Waals surface area contributed by atoms with Gasteiger partial charge in [0.05, 0.1) is 11.1 Å². The fourth-order valence-electron chi connectivity index (χ4n) is 0.949. The van der Waals surface area contributed by atoms with Crippen LogP contribution in [0.1, 0.15) is 20.7 Å². The van der Waals surface area contributed by atoms with Crippen molar-refractivity contribution in [2.75, 3.05) is 0 Å². The Hall–Kier alpha value is -2.57. The molecule has 1 aromatic rings. The first kappa shape index (κ1) is 11.5. The van der Waals surface area contributed by atoms with E-state index >= 15 is 0 Å². The highest BCUT2D eigenvalue weighted by Crippen LogP contribution is 2.09. The van der Waals surface area contributed by atoms with Gasteiger partial charge in [-0.3, -0.25) is 14.6 Å². The zero-order valence-electron chi connectivity index (χ0n) is 7.78. The summed E-state index contributed by atoms with van der Waals surface area (Å²) in [4.78, 5) is 45.9. The van der Waals surface area contributed by atoms with Crippen molar-refractivity contribution in [3.63, 3.8) is 0 Å². The minimum absolute atomic E-state index is 0.0718. The molecule has 1 aromatic heterocycles. The topological polar surface area (TPSA) is 99.6 Å². The monoisotopic (exact) mass is 223 g/mol. The smallest absolute Gasteiger partial charge is 0.348 e. The van der Waals surface area contributed by atoms with Gasteiger partial charge in [-0.05, 0) is 6.07 Å². The van der Waals surface area contributed by atoms with E-state index in [0.717, 1.165) is 12.3 Å². The summed E-state index contributed by atoms with van der Waals surface area (Å²) in [6, 6.07) is 1.16. The minimum atomic E-state index is -1.05. The number of rotatable bonds is 4. The number of ether oxygens (including phenoxy) is 2. The third-order valence-corrected chi connectivity index (χ3v) is 1.57. The molecule has 0 aliphatic rings. The van der Waals surface area contributed by atoms with Crippen molar-refractivity contribution in [3.8, 4) is 0 Å². The van der Waals surface area contributed by atoms with Crippen LogP contribution in [-0.4, -0.2) is 29.9 Å². The summed E-state index contributed by atoms with van der Waals surface area (Å²) in [7, 11) is 0. The second-order valence-electron chi connectivity index (χ2n) is 2.42. The predicted molar refractivity (Wildman–Crippen MR) is 47.2 cm³/mol. The molecule has 0 N–H and O–H groups in total. The molecule has 82 valence electrons. The van der Waals surface area contributed by atoms with Crippen molar-refractivity contribution in [2.45, 2.75) is 0 Å². The highest BCUT2D eigenvalue weighted by molar-refractivity contribution is 6.05. The Morgan fingerprint density at radius 1 is 1.06 bits per heavy atom. The van der Waals surface area contributed by atoms with Gasteiger partial charge in [-0.1, -0.05) is 0 Å². The summed E-state index contributed by atoms with van der Waals surface area (Å²) in [5.41, 5.74) is -0.476. The molecule has 0 saturated carbocycles. The van der Waals surface area contributed by atoms with Gasteiger partial charge in [0.2, 0.25) is 0 Å². The molecule has 7 nitrogen and oxygen atoms in total. The SMILES string of the molecule is O=COC(=O)c1ccncc1C(=O)OC=O. The van der Waals surface area contributed by atoms with Gasteiger partial charge in [0.25, 0.3) is 0 Å². The van der Waals surface area contributed by atoms with E-state index in [4.69, 9.17) is 0 Å². The zero-order chi connectivity index (χ0) is 12.0. The molecule has 0 aromatic carbocycles. The lowest BCUT2D eigenvalue weighted by Crippen LogP contribution is -2.13. The number of carbonyl (C=O) groups excluding carboxylic acids is 4. The van der Waals surface area contributed by atoms with Crippen LogP contribution < -0.4 is 0 Å². The molecule has 0 fully saturated rings. The molecule has 0 unspecified atom stereocenters. The quantitative estimate of drug-likeness (QED) is 0.392. The van der Waals surface area contributed by atoms with Gasteiger partial charge in [-0.25, -0.2) is 9.59 Å². The summed E-state index contributed by atoms with van der Waals surface area (Å²) in [6.07, 6.45) is 2.24. The first-order chi connectivity index (χ1) is 7.70. The lowest BCUT2D eigenvalue weighted by atomic mass is 10.1. The van der Waals surface area contributed by atoms with Crippen LogP contribution in [0.25, 0.3) is 0 Å². The fourth-order valence-corrected chi connectivity index (χ4v) is 0.949. The maximum Gasteiger partial charge on any atom is 0.348 e. The summed E-state index contributed by atoms with van der Waals surface area (Å²) in [5, 5.41) is 0. The van der Waals surface area contributed by atoms with E-state index in [9.17, 15) is 19.2 Å². The number of carbonyl (C=O) groups is 4. The highest BCUT2D eigenvalue weighted by atomic mass is 16.6. The van der Waals surface area contributed by atoms with E-state index in [1.165, 1.54) is 6.20 Å². The van der Waals surface area contributed by atoms with Crippen LogP contribution in [0.5, 0.6) is 0 Å². The van der Waals surface area contributed by atoms with E-state index in [1.54, 1.807) is 0 Å². The molecular weight excluding hydrogens is 218 g/mol. The third-order valence-electron chi connectivity index (χ3n) is 1.57. The number of pyridine rings is 1. The first-order valence-electron chi connectivity index (χ1n) is 3.94. The standard InChI is InChI=1S/C9H5NO6/c11-4-15-8(13)6-1-2-10-3-7(6)9(14)16-5-12/h1-5H. The molecule has 0 saturated heterocycles. The second-order valence-corrected chi connectivity index (χ2v) is 2.42. The average Bonchev–Trinajstić information content (AvgIpc) is 2.30. The van der Waals surface area contributed by atoms with E-state index < -0.39 is 11.9 Å². The number of nitrogens with zero attached hydrogens (tertiary/aromatic N) is 1. The number of aromatic nitrogens is 1. The molecule has 0 atom stereocenters. The van der Waals surface area contributed by atoms with Gasteiger partial charge < -0.3 is 9.47 Å². The van der Waals surface area contributed by atoms with E-state index in [2.05, 4.69) is 14.5 Å². The average molecular weight is 223 g/mol. The number of hydrogen-bond donors (Lipinski definition) is 0. The molecule has 1 rings (SSSR count). The molecule has 7 heteroatoms. The van der Waals surface area contributed by atoms with E-state index in [-0.39, 0.29) is 24.1 Å². The van der Waals surface area contributed by atoms with Crippen molar-refractivity contribution in [1.82, 2.24) is 4.98 Å². The highest BCUT2D eigenvalue weighted by Gasteiger charge is 2.19. The van der Waals surface area contributed by atoms with Gasteiger partial charge >= 0.3 is 24.9 Å². The number of esters is 2. The van der Waals surface area contributed by atoms with E-state index in [1.807, 2.05) is 0 Å². The van der Waals surface area contributed by atoms with Gasteiger partial charge in [0, 0.05) is 12.4 Å². The van der Waals surface area contributed by atoms with Crippen LogP contribution in [0.3, 0.4) is 0 Å². The van der Waals surface area contributed by atoms with Crippen LogP contribution in [0, 0.1) is 0 Å². The largest absolute Gasteiger partial charge is 0.392 e. The zero-order valence-corrected chi connectivity index (χ0v) is 7.78. The van der Waals surface area contributed by atoms with Crippen molar-refractivity contribution in [2.24, 2.45) is 0 Å². The van der Waals surface area contributed by atoms with Crippen LogP contribution in [0.4, 0.5) is 0 Å². The van der Waals surface area contributed by atoms with Crippen molar-refractivity contribution < 1.29 is 28.7 Å². The van der Waals surface area contributed by atoms with Gasteiger partial charge in [0.15, 0.2) is 0 Å². The third kappa shape index (κ3) is 2.47. The lowest BCUT2D eigenvalue weighted by Gasteiger charge is -2.02. The molecule has 0 amide bonds. The molecule has 16 heavy (non-hydrogen) atoms. The minimum Gasteiger partial charge on any atom is -0.392 e. The summed E-state index contributed by atoms with van der Waals surface area (Å²) in [6.45, 7) is -0.151. The molecule has 0 aliphatic carbocycles. The van der Waals surface area contributed by atoms with Crippen molar-refractivity contribution in [1.29, 1.82) is 0 Å². The molecule has 0 radical (unpaired) electrons. The Morgan fingerprint density at radius 3 is 2.19 bits per heavy atom. The Labute approximate surface area is 89.0 Å². The molecule has 0 aliphatic heterocycles. The Kier molecular flexibility index (Phi) is 3.84. The van der Waals surface area contributed by atoms with Gasteiger partial charge in [-0.2, -0.15) is 0 Å². The summed E-state index contributed by atoms with van der Waals surface area (Å²) >= 11 is 0. The van der Waals surface area contributed by atoms with Gasteiger partial charge in [-0.15, -0.1) is 0 Å². The van der Waals surface area contributed by atoms with Crippen molar-refractivity contribution in [3.05, 3.63) is 29.6 Å². The van der Waals surface area contributed by atoms with Crippen LogP contribution in [0.15, 0.2) is 18.5 Å². The van der Waals surface area contributed by atoms with E-state index in [0.29, 0.717) is 0 Å². The Bertz CT molecular complexity index is 400. The predicted octanol–water partition coefficient (Wildman–Crippen LogP) is -0.292. The normalized spacial score (nSPS) is 9.00. The first-order valence-corrected chi connectivity index (χ1v) is 3.94. The lowest BCUT2D eigenvalue weighted by molar-refractivity contribution is -0.125. The molecule has 0 bridgehead atoms. The Balaban J connectivity index is 3.09. The number of hydrogen-bond acceptors (Lipinski definition) is 7. The van der Waals surface area contributed by atoms with Crippen LogP contribution in [-0.2, 0) is 19.1 Å². The summed E-state index contributed by atoms with van der Waals surface area (Å²) in [5.74, 6) is -2.09. The molecule has 0 spiro atoms. The maximum absolute atomic E-state index is 11.2. The van der Waals surface area contributed by atoms with Crippen molar-refractivity contribution >= 4 is 24.9 Å². The van der Waals surface area contributed by atoms with Crippen LogP contribution >= 0.6 is 0 Å². The molecule has 1 heterocycles. The molecular formula is C9H5NO6.